The molecular weight excluding hydrogens is 340 g/mol. The van der Waals surface area contributed by atoms with E-state index in [-0.39, 0.29) is 0 Å². The van der Waals surface area contributed by atoms with Crippen molar-refractivity contribution >= 4 is 0 Å². The molecule has 6 heteroatoms. The Morgan fingerprint density at radius 2 is 2.11 bits per heavy atom. The van der Waals surface area contributed by atoms with Gasteiger partial charge in [-0.05, 0) is 43.0 Å². The first-order valence-corrected chi connectivity index (χ1v) is 9.73. The average molecular weight is 370 g/mol. The summed E-state index contributed by atoms with van der Waals surface area (Å²) in [4.78, 5) is 0. The molecule has 0 aliphatic carbocycles. The average Bonchev–Trinajstić information content (AvgIpc) is 2.89. The summed E-state index contributed by atoms with van der Waals surface area (Å²) in [6, 6.07) is 6.03. The third kappa shape index (κ3) is 5.32. The summed E-state index contributed by atoms with van der Waals surface area (Å²) in [5.74, 6) is 3.74. The molecule has 0 atom stereocenters. The van der Waals surface area contributed by atoms with Gasteiger partial charge < -0.3 is 19.4 Å². The minimum atomic E-state index is 0.491. The number of ether oxygens (including phenoxy) is 2. The molecule has 146 valence electrons. The number of fused-ring (bicyclic) bond motifs is 1. The van der Waals surface area contributed by atoms with E-state index in [1.165, 1.54) is 19.3 Å². The van der Waals surface area contributed by atoms with Gasteiger partial charge in [-0.25, -0.2) is 0 Å². The van der Waals surface area contributed by atoms with Crippen LogP contribution < -0.4 is 14.8 Å². The number of aryl methyl sites for hydroxylation is 1. The van der Waals surface area contributed by atoms with Gasteiger partial charge in [0.25, 0.3) is 0 Å². The van der Waals surface area contributed by atoms with Crippen molar-refractivity contribution in [2.75, 3.05) is 20.3 Å². The van der Waals surface area contributed by atoms with Gasteiger partial charge >= 0.3 is 0 Å². The van der Waals surface area contributed by atoms with Crippen LogP contribution in [0.15, 0.2) is 30.4 Å². The Morgan fingerprint density at radius 1 is 1.22 bits per heavy atom. The molecule has 6 nitrogen and oxygen atoms in total. The summed E-state index contributed by atoms with van der Waals surface area (Å²) in [5, 5.41) is 12.3. The lowest BCUT2D eigenvalue weighted by atomic mass is 10.2. The Labute approximate surface area is 161 Å². The topological polar surface area (TPSA) is 61.2 Å². The van der Waals surface area contributed by atoms with Gasteiger partial charge in [0.1, 0.15) is 18.3 Å². The number of nitrogens with zero attached hydrogens (tertiary/aromatic N) is 3. The molecule has 27 heavy (non-hydrogen) atoms. The summed E-state index contributed by atoms with van der Waals surface area (Å²) in [6.07, 6.45) is 5.68. The van der Waals surface area contributed by atoms with Gasteiger partial charge in [-0.1, -0.05) is 19.1 Å². The van der Waals surface area contributed by atoms with E-state index >= 15 is 0 Å². The summed E-state index contributed by atoms with van der Waals surface area (Å²) >= 11 is 0. The van der Waals surface area contributed by atoms with Crippen molar-refractivity contribution in [3.05, 3.63) is 47.6 Å². The van der Waals surface area contributed by atoms with Crippen LogP contribution in [0, 0.1) is 0 Å². The lowest BCUT2D eigenvalue weighted by Crippen LogP contribution is -2.19. The van der Waals surface area contributed by atoms with Crippen LogP contribution in [-0.2, 0) is 25.9 Å². The van der Waals surface area contributed by atoms with Gasteiger partial charge in [0.2, 0.25) is 0 Å². The van der Waals surface area contributed by atoms with E-state index in [9.17, 15) is 0 Å². The maximum absolute atomic E-state index is 5.80. The van der Waals surface area contributed by atoms with Crippen LogP contribution in [0.2, 0.25) is 0 Å². The molecule has 1 aliphatic rings. The molecule has 0 radical (unpaired) electrons. The molecule has 0 fully saturated rings. The fourth-order valence-electron chi connectivity index (χ4n) is 3.31. The van der Waals surface area contributed by atoms with E-state index in [1.807, 2.05) is 19.1 Å². The quantitative estimate of drug-likeness (QED) is 0.542. The van der Waals surface area contributed by atoms with E-state index in [4.69, 9.17) is 9.47 Å². The predicted molar refractivity (Wildman–Crippen MR) is 106 cm³/mol. The van der Waals surface area contributed by atoms with Crippen molar-refractivity contribution < 1.29 is 9.47 Å². The highest BCUT2D eigenvalue weighted by atomic mass is 16.5. The number of hydrogen-bond acceptors (Lipinski definition) is 5. The molecule has 3 rings (SSSR count). The standard InChI is InChI=1S/C21H30N4O2/c1-16(2)15-27-19-13-17(8-9-18(19)26-3)14-22-11-10-21-24-23-20-7-5-4-6-12-25(20)21/h8-9,13,22H,1,4-7,10-12,14-15H2,2-3H3. The number of aromatic nitrogens is 3. The second-order valence-corrected chi connectivity index (χ2v) is 7.15. The first kappa shape index (κ1) is 19.4. The maximum Gasteiger partial charge on any atom is 0.161 e. The van der Waals surface area contributed by atoms with Crippen LogP contribution in [0.25, 0.3) is 0 Å². The van der Waals surface area contributed by atoms with Gasteiger partial charge in [-0.3, -0.25) is 0 Å². The highest BCUT2D eigenvalue weighted by Crippen LogP contribution is 2.28. The molecule has 0 saturated heterocycles. The SMILES string of the molecule is C=C(C)COc1cc(CNCCc2nnc3n2CCCCC3)ccc1OC. The Hall–Kier alpha value is -2.34. The minimum absolute atomic E-state index is 0.491. The zero-order valence-electron chi connectivity index (χ0n) is 16.5. The molecule has 1 aromatic heterocycles. The van der Waals surface area contributed by atoms with Gasteiger partial charge in [-0.2, -0.15) is 0 Å². The van der Waals surface area contributed by atoms with Gasteiger partial charge in [-0.15, -0.1) is 10.2 Å². The van der Waals surface area contributed by atoms with Crippen LogP contribution in [0.5, 0.6) is 11.5 Å². The summed E-state index contributed by atoms with van der Waals surface area (Å²) in [5.41, 5.74) is 2.14. The first-order chi connectivity index (χ1) is 13.2. The van der Waals surface area contributed by atoms with E-state index < -0.39 is 0 Å². The Kier molecular flexibility index (Phi) is 6.87. The van der Waals surface area contributed by atoms with Gasteiger partial charge in [0.05, 0.1) is 7.11 Å². The smallest absolute Gasteiger partial charge is 0.161 e. The summed E-state index contributed by atoms with van der Waals surface area (Å²) in [7, 11) is 1.66. The lowest BCUT2D eigenvalue weighted by molar-refractivity contribution is 0.319. The minimum Gasteiger partial charge on any atom is -0.493 e. The van der Waals surface area contributed by atoms with Gasteiger partial charge in [0.15, 0.2) is 11.5 Å². The normalized spacial score (nSPS) is 13.7. The van der Waals surface area contributed by atoms with Crippen LogP contribution in [0.1, 0.15) is 43.4 Å². The van der Waals surface area contributed by atoms with Gasteiger partial charge in [0, 0.05) is 32.5 Å². The van der Waals surface area contributed by atoms with E-state index in [0.717, 1.165) is 66.8 Å². The van der Waals surface area contributed by atoms with Crippen molar-refractivity contribution in [3.63, 3.8) is 0 Å². The third-order valence-electron chi connectivity index (χ3n) is 4.74. The third-order valence-corrected chi connectivity index (χ3v) is 4.74. The van der Waals surface area contributed by atoms with Crippen molar-refractivity contribution in [1.29, 1.82) is 0 Å². The fraction of sp³-hybridized carbons (Fsp3) is 0.524. The number of benzene rings is 1. The second kappa shape index (κ2) is 9.55. The monoisotopic (exact) mass is 370 g/mol. The second-order valence-electron chi connectivity index (χ2n) is 7.15. The molecule has 0 spiro atoms. The molecule has 2 heterocycles. The van der Waals surface area contributed by atoms with Crippen LogP contribution >= 0.6 is 0 Å². The Morgan fingerprint density at radius 3 is 2.93 bits per heavy atom. The van der Waals surface area contributed by atoms with E-state index in [0.29, 0.717) is 6.61 Å². The molecule has 0 amide bonds. The molecular formula is C21H30N4O2. The van der Waals surface area contributed by atoms with Crippen LogP contribution in [0.3, 0.4) is 0 Å². The predicted octanol–water partition coefficient (Wildman–Crippen LogP) is 3.30. The highest BCUT2D eigenvalue weighted by Gasteiger charge is 2.14. The van der Waals surface area contributed by atoms with Crippen LogP contribution in [0.4, 0.5) is 0 Å². The van der Waals surface area contributed by atoms with E-state index in [1.54, 1.807) is 7.11 Å². The number of nitrogens with one attached hydrogen (secondary N) is 1. The highest BCUT2D eigenvalue weighted by molar-refractivity contribution is 5.43. The molecule has 0 unspecified atom stereocenters. The molecule has 1 aliphatic heterocycles. The van der Waals surface area contributed by atoms with Crippen molar-refractivity contribution in [1.82, 2.24) is 20.1 Å². The van der Waals surface area contributed by atoms with Crippen molar-refractivity contribution in [2.45, 2.75) is 52.1 Å². The number of methoxy groups -OCH3 is 1. The molecule has 1 N–H and O–H groups in total. The number of rotatable bonds is 9. The zero-order chi connectivity index (χ0) is 19.1. The molecule has 0 bridgehead atoms. The molecule has 1 aromatic carbocycles. The Bertz CT molecular complexity index is 770. The van der Waals surface area contributed by atoms with Crippen LogP contribution in [-0.4, -0.2) is 35.0 Å². The molecule has 0 saturated carbocycles. The van der Waals surface area contributed by atoms with Crippen molar-refractivity contribution in [2.24, 2.45) is 0 Å². The summed E-state index contributed by atoms with van der Waals surface area (Å²) in [6.45, 7) is 9.01. The largest absolute Gasteiger partial charge is 0.493 e. The molecule has 2 aromatic rings. The number of hydrogen-bond donors (Lipinski definition) is 1. The Balaban J connectivity index is 1.52. The first-order valence-electron chi connectivity index (χ1n) is 9.73. The lowest BCUT2D eigenvalue weighted by Gasteiger charge is -2.13. The van der Waals surface area contributed by atoms with Crippen molar-refractivity contribution in [3.8, 4) is 11.5 Å². The zero-order valence-corrected chi connectivity index (χ0v) is 16.5. The van der Waals surface area contributed by atoms with E-state index in [2.05, 4.69) is 32.7 Å². The summed E-state index contributed by atoms with van der Waals surface area (Å²) < 4.78 is 13.5. The maximum atomic E-state index is 5.80. The fourth-order valence-corrected chi connectivity index (χ4v) is 3.31.